The molecule has 0 saturated carbocycles. The molecule has 0 aromatic carbocycles. The summed E-state index contributed by atoms with van der Waals surface area (Å²) in [6, 6.07) is 3.06. The molecule has 1 unspecified atom stereocenters. The zero-order valence-electron chi connectivity index (χ0n) is 10.1. The van der Waals surface area contributed by atoms with Gasteiger partial charge in [-0.3, -0.25) is 9.69 Å². The van der Waals surface area contributed by atoms with E-state index in [0.29, 0.717) is 5.76 Å². The van der Waals surface area contributed by atoms with Crippen LogP contribution in [0.15, 0.2) is 16.5 Å². The van der Waals surface area contributed by atoms with Crippen molar-refractivity contribution < 1.29 is 18.7 Å². The highest BCUT2D eigenvalue weighted by Crippen LogP contribution is 2.21. The van der Waals surface area contributed by atoms with Crippen LogP contribution in [0.4, 0.5) is 0 Å². The van der Waals surface area contributed by atoms with Crippen molar-refractivity contribution >= 4 is 11.9 Å². The van der Waals surface area contributed by atoms with Crippen LogP contribution in [-0.2, 0) is 9.53 Å². The summed E-state index contributed by atoms with van der Waals surface area (Å²) in [5.74, 6) is -0.226. The van der Waals surface area contributed by atoms with Crippen molar-refractivity contribution in [3.05, 3.63) is 23.7 Å². The Kier molecular flexibility index (Phi) is 4.28. The summed E-state index contributed by atoms with van der Waals surface area (Å²) in [5, 5.41) is 0. The van der Waals surface area contributed by atoms with E-state index < -0.39 is 11.9 Å². The van der Waals surface area contributed by atoms with Gasteiger partial charge in [-0.05, 0) is 26.1 Å². The lowest BCUT2D eigenvalue weighted by Crippen LogP contribution is -2.32. The molecule has 2 N–H and O–H groups in total. The number of hydrogen-bond acceptors (Lipinski definition) is 5. The van der Waals surface area contributed by atoms with E-state index in [1.165, 1.54) is 13.2 Å². The molecule has 1 heterocycles. The average molecular weight is 240 g/mol. The molecule has 1 aromatic rings. The first-order valence-corrected chi connectivity index (χ1v) is 5.12. The minimum atomic E-state index is -0.527. The van der Waals surface area contributed by atoms with Crippen LogP contribution in [-0.4, -0.2) is 37.5 Å². The number of likely N-dealkylation sites (N-methyl/N-ethyl adjacent to an activating group) is 1. The van der Waals surface area contributed by atoms with Crippen molar-refractivity contribution in [1.82, 2.24) is 4.90 Å². The van der Waals surface area contributed by atoms with Crippen LogP contribution in [0.2, 0.25) is 0 Å². The number of esters is 1. The summed E-state index contributed by atoms with van der Waals surface area (Å²) in [6.07, 6.45) is 0. The zero-order chi connectivity index (χ0) is 13.0. The zero-order valence-corrected chi connectivity index (χ0v) is 10.1. The predicted octanol–water partition coefficient (Wildman–Crippen LogP) is 0.544. The van der Waals surface area contributed by atoms with Crippen molar-refractivity contribution in [3.63, 3.8) is 0 Å². The third-order valence-electron chi connectivity index (χ3n) is 2.49. The van der Waals surface area contributed by atoms with Crippen LogP contribution in [0, 0.1) is 0 Å². The van der Waals surface area contributed by atoms with Gasteiger partial charge in [0.2, 0.25) is 11.7 Å². The Morgan fingerprint density at radius 3 is 2.71 bits per heavy atom. The normalized spacial score (nSPS) is 12.5. The molecule has 1 aromatic heterocycles. The second-order valence-corrected chi connectivity index (χ2v) is 3.75. The first kappa shape index (κ1) is 13.2. The van der Waals surface area contributed by atoms with Gasteiger partial charge in [-0.25, -0.2) is 4.79 Å². The maximum atomic E-state index is 11.2. The Morgan fingerprint density at radius 1 is 1.53 bits per heavy atom. The van der Waals surface area contributed by atoms with Crippen molar-refractivity contribution in [2.45, 2.75) is 13.0 Å². The van der Waals surface area contributed by atoms with E-state index in [4.69, 9.17) is 10.2 Å². The summed E-state index contributed by atoms with van der Waals surface area (Å²) >= 11 is 0. The van der Waals surface area contributed by atoms with E-state index in [-0.39, 0.29) is 18.3 Å². The number of amides is 1. The van der Waals surface area contributed by atoms with Gasteiger partial charge in [0.05, 0.1) is 19.7 Å². The molecule has 0 aliphatic carbocycles. The van der Waals surface area contributed by atoms with Gasteiger partial charge < -0.3 is 14.9 Å². The molecule has 17 heavy (non-hydrogen) atoms. The van der Waals surface area contributed by atoms with Gasteiger partial charge in [-0.2, -0.15) is 0 Å². The second kappa shape index (κ2) is 5.49. The second-order valence-electron chi connectivity index (χ2n) is 3.75. The highest BCUT2D eigenvalue weighted by molar-refractivity contribution is 5.86. The fourth-order valence-electron chi connectivity index (χ4n) is 1.39. The maximum Gasteiger partial charge on any atom is 0.373 e. The number of ether oxygens (including phenoxy) is 1. The Bertz CT molecular complexity index is 413. The first-order valence-electron chi connectivity index (χ1n) is 5.12. The maximum absolute atomic E-state index is 11.2. The van der Waals surface area contributed by atoms with Crippen LogP contribution in [0.5, 0.6) is 0 Å². The average Bonchev–Trinajstić information content (AvgIpc) is 2.75. The molecular weight excluding hydrogens is 224 g/mol. The van der Waals surface area contributed by atoms with Gasteiger partial charge in [-0.15, -0.1) is 0 Å². The molecule has 0 saturated heterocycles. The standard InChI is InChI=1S/C11H16N2O4/c1-7(13(2)6-10(12)14)8-4-5-9(17-8)11(15)16-3/h4-5,7H,6H2,1-3H3,(H2,12,14). The van der Waals surface area contributed by atoms with Gasteiger partial charge in [0.25, 0.3) is 0 Å². The molecule has 6 nitrogen and oxygen atoms in total. The molecule has 0 aliphatic rings. The van der Waals surface area contributed by atoms with Crippen LogP contribution < -0.4 is 5.73 Å². The molecule has 0 bridgehead atoms. The molecule has 0 spiro atoms. The summed E-state index contributed by atoms with van der Waals surface area (Å²) in [7, 11) is 3.03. The molecule has 0 radical (unpaired) electrons. The fraction of sp³-hybridized carbons (Fsp3) is 0.455. The monoisotopic (exact) mass is 240 g/mol. The topological polar surface area (TPSA) is 85.8 Å². The largest absolute Gasteiger partial charge is 0.463 e. The SMILES string of the molecule is COC(=O)c1ccc(C(C)N(C)CC(N)=O)o1. The van der Waals surface area contributed by atoms with Gasteiger partial charge in [0, 0.05) is 0 Å². The van der Waals surface area contributed by atoms with Crippen LogP contribution >= 0.6 is 0 Å². The number of carbonyl (C=O) groups is 2. The van der Waals surface area contributed by atoms with Crippen molar-refractivity contribution in [3.8, 4) is 0 Å². The minimum absolute atomic E-state index is 0.120. The number of nitrogens with two attached hydrogens (primary N) is 1. The Labute approximate surface area is 99.3 Å². The Morgan fingerprint density at radius 2 is 2.18 bits per heavy atom. The molecule has 6 heteroatoms. The lowest BCUT2D eigenvalue weighted by atomic mass is 10.2. The summed E-state index contributed by atoms with van der Waals surface area (Å²) in [6.45, 7) is 1.97. The summed E-state index contributed by atoms with van der Waals surface area (Å²) in [5.41, 5.74) is 5.10. The number of furan rings is 1. The number of primary amides is 1. The number of nitrogens with zero attached hydrogens (tertiary/aromatic N) is 1. The van der Waals surface area contributed by atoms with Gasteiger partial charge >= 0.3 is 5.97 Å². The van der Waals surface area contributed by atoms with Crippen LogP contribution in [0.3, 0.4) is 0 Å². The molecule has 0 aliphatic heterocycles. The molecule has 1 amide bonds. The van der Waals surface area contributed by atoms with Crippen molar-refractivity contribution in [2.24, 2.45) is 5.73 Å². The molecular formula is C11H16N2O4. The van der Waals surface area contributed by atoms with Gasteiger partial charge in [0.15, 0.2) is 0 Å². The van der Waals surface area contributed by atoms with E-state index in [1.807, 2.05) is 6.92 Å². The van der Waals surface area contributed by atoms with Crippen LogP contribution in [0.25, 0.3) is 0 Å². The summed E-state index contributed by atoms with van der Waals surface area (Å²) < 4.78 is 9.87. The Hall–Kier alpha value is -1.82. The van der Waals surface area contributed by atoms with Gasteiger partial charge in [-0.1, -0.05) is 0 Å². The molecule has 94 valence electrons. The van der Waals surface area contributed by atoms with Gasteiger partial charge in [0.1, 0.15) is 5.76 Å². The van der Waals surface area contributed by atoms with E-state index in [0.717, 1.165) is 0 Å². The highest BCUT2D eigenvalue weighted by atomic mass is 16.5. The first-order chi connectivity index (χ1) is 7.95. The van der Waals surface area contributed by atoms with E-state index >= 15 is 0 Å². The quantitative estimate of drug-likeness (QED) is 0.759. The number of carbonyl (C=O) groups excluding carboxylic acids is 2. The number of methoxy groups -OCH3 is 1. The Balaban J connectivity index is 2.75. The lowest BCUT2D eigenvalue weighted by Gasteiger charge is -2.20. The van der Waals surface area contributed by atoms with Crippen molar-refractivity contribution in [1.29, 1.82) is 0 Å². The highest BCUT2D eigenvalue weighted by Gasteiger charge is 2.19. The summed E-state index contributed by atoms with van der Waals surface area (Å²) in [4.78, 5) is 23.7. The van der Waals surface area contributed by atoms with Crippen molar-refractivity contribution in [2.75, 3.05) is 20.7 Å². The van der Waals surface area contributed by atoms with E-state index in [1.54, 1.807) is 18.0 Å². The van der Waals surface area contributed by atoms with E-state index in [9.17, 15) is 9.59 Å². The third kappa shape index (κ3) is 3.32. The predicted molar refractivity (Wildman–Crippen MR) is 60.3 cm³/mol. The molecule has 0 fully saturated rings. The third-order valence-corrected chi connectivity index (χ3v) is 2.49. The lowest BCUT2D eigenvalue weighted by molar-refractivity contribution is -0.119. The minimum Gasteiger partial charge on any atom is -0.463 e. The number of hydrogen-bond donors (Lipinski definition) is 1. The van der Waals surface area contributed by atoms with E-state index in [2.05, 4.69) is 4.74 Å². The number of rotatable bonds is 5. The fourth-order valence-corrected chi connectivity index (χ4v) is 1.39. The molecule has 1 rings (SSSR count). The van der Waals surface area contributed by atoms with Crippen LogP contribution in [0.1, 0.15) is 29.3 Å². The smallest absolute Gasteiger partial charge is 0.373 e. The molecule has 1 atom stereocenters.